The highest BCUT2D eigenvalue weighted by atomic mass is 35.5. The van der Waals surface area contributed by atoms with Gasteiger partial charge in [-0.25, -0.2) is 9.97 Å². The van der Waals surface area contributed by atoms with Crippen molar-refractivity contribution in [3.8, 4) is 22.6 Å². The number of amides is 1. The third-order valence-corrected chi connectivity index (χ3v) is 6.97. The van der Waals surface area contributed by atoms with Gasteiger partial charge in [-0.1, -0.05) is 35.8 Å². The molecule has 8 nitrogen and oxygen atoms in total. The third-order valence-electron chi connectivity index (χ3n) is 6.22. The zero-order chi connectivity index (χ0) is 26.0. The van der Waals surface area contributed by atoms with Gasteiger partial charge in [-0.2, -0.15) is 0 Å². The number of nitrogens with one attached hydrogen (secondary N) is 1. The molecule has 0 unspecified atom stereocenters. The minimum absolute atomic E-state index is 0.0393. The van der Waals surface area contributed by atoms with E-state index in [1.807, 2.05) is 37.2 Å². The van der Waals surface area contributed by atoms with Gasteiger partial charge >= 0.3 is 0 Å². The number of hydrogen-bond donors (Lipinski definition) is 1. The van der Waals surface area contributed by atoms with Crippen molar-refractivity contribution in [2.45, 2.75) is 18.5 Å². The number of carbonyl (C=O) groups excluding carboxylic acids is 1. The van der Waals surface area contributed by atoms with Gasteiger partial charge in [0, 0.05) is 48.4 Å². The summed E-state index contributed by atoms with van der Waals surface area (Å²) in [5.74, 6) is 1.38. The summed E-state index contributed by atoms with van der Waals surface area (Å²) in [6, 6.07) is 7.52. The number of methoxy groups -OCH3 is 2. The van der Waals surface area contributed by atoms with E-state index in [0.29, 0.717) is 39.6 Å². The maximum Gasteiger partial charge on any atom is 0.246 e. The van der Waals surface area contributed by atoms with Crippen molar-refractivity contribution in [2.24, 2.45) is 0 Å². The Morgan fingerprint density at radius 3 is 2.53 bits per heavy atom. The summed E-state index contributed by atoms with van der Waals surface area (Å²) >= 11 is 13.2. The van der Waals surface area contributed by atoms with E-state index in [-0.39, 0.29) is 18.0 Å². The first kappa shape index (κ1) is 26.0. The summed E-state index contributed by atoms with van der Waals surface area (Å²) in [7, 11) is 7.08. The van der Waals surface area contributed by atoms with E-state index in [4.69, 9.17) is 37.7 Å². The van der Waals surface area contributed by atoms with Crippen LogP contribution in [-0.2, 0) is 4.79 Å². The highest BCUT2D eigenvalue weighted by molar-refractivity contribution is 6.41. The number of benzene rings is 2. The molecule has 36 heavy (non-hydrogen) atoms. The summed E-state index contributed by atoms with van der Waals surface area (Å²) in [6.45, 7) is 4.99. The summed E-state index contributed by atoms with van der Waals surface area (Å²) in [4.78, 5) is 25.5. The van der Waals surface area contributed by atoms with Gasteiger partial charge in [0.15, 0.2) is 0 Å². The molecule has 1 N–H and O–H groups in total. The molecule has 0 aliphatic carbocycles. The zero-order valence-corrected chi connectivity index (χ0v) is 22.2. The minimum atomic E-state index is -0.0652. The summed E-state index contributed by atoms with van der Waals surface area (Å²) in [5, 5.41) is 5.02. The van der Waals surface area contributed by atoms with Gasteiger partial charge in [-0.3, -0.25) is 4.79 Å². The molecule has 2 heterocycles. The molecule has 1 aromatic heterocycles. The molecule has 0 spiro atoms. The Hall–Kier alpha value is -3.07. The molecule has 3 aromatic rings. The molecule has 190 valence electrons. The van der Waals surface area contributed by atoms with Crippen LogP contribution in [0.25, 0.3) is 22.0 Å². The summed E-state index contributed by atoms with van der Waals surface area (Å²) < 4.78 is 10.8. The fourth-order valence-corrected chi connectivity index (χ4v) is 5.30. The van der Waals surface area contributed by atoms with Gasteiger partial charge in [0.1, 0.15) is 11.5 Å². The van der Waals surface area contributed by atoms with Crippen molar-refractivity contribution in [3.63, 3.8) is 0 Å². The molecule has 4 rings (SSSR count). The van der Waals surface area contributed by atoms with E-state index in [9.17, 15) is 4.79 Å². The van der Waals surface area contributed by atoms with Crippen LogP contribution in [0.1, 0.15) is 6.42 Å². The van der Waals surface area contributed by atoms with Crippen molar-refractivity contribution in [3.05, 3.63) is 53.2 Å². The molecule has 1 aliphatic rings. The van der Waals surface area contributed by atoms with Crippen molar-refractivity contribution < 1.29 is 14.3 Å². The second kappa shape index (κ2) is 10.9. The lowest BCUT2D eigenvalue weighted by Gasteiger charge is -2.25. The number of hydrogen-bond acceptors (Lipinski definition) is 7. The minimum Gasteiger partial charge on any atom is -0.495 e. The molecule has 2 aromatic carbocycles. The van der Waals surface area contributed by atoms with E-state index in [1.165, 1.54) is 6.08 Å². The normalized spacial score (nSPS) is 17.5. The highest BCUT2D eigenvalue weighted by Gasteiger charge is 2.34. The molecular formula is C26H29Cl2N5O3. The monoisotopic (exact) mass is 529 g/mol. The maximum atomic E-state index is 12.4. The molecule has 1 saturated heterocycles. The van der Waals surface area contributed by atoms with Crippen molar-refractivity contribution in [1.29, 1.82) is 0 Å². The Balaban J connectivity index is 1.60. The topological polar surface area (TPSA) is 79.8 Å². The number of halogens is 2. The number of aromatic nitrogens is 2. The van der Waals surface area contributed by atoms with E-state index in [2.05, 4.69) is 21.8 Å². The van der Waals surface area contributed by atoms with E-state index >= 15 is 0 Å². The van der Waals surface area contributed by atoms with Gasteiger partial charge in [-0.05, 0) is 44.3 Å². The summed E-state index contributed by atoms with van der Waals surface area (Å²) in [6.07, 6.45) is 3.92. The van der Waals surface area contributed by atoms with Gasteiger partial charge in [0.25, 0.3) is 0 Å². The first-order valence-electron chi connectivity index (χ1n) is 11.5. The lowest BCUT2D eigenvalue weighted by Crippen LogP contribution is -2.40. The standard InChI is InChI=1S/C26H29Cl2N5O3/c1-6-22(34)33-13-17(10-18(33)14-32(2)3)30-26-29-12-16-9-15(7-8-19(16)31-26)23-24(27)20(35-4)11-21(36-5)25(23)28/h6-9,11-12,17-18H,1,10,13-14H2,2-5H3,(H,29,30,31)/t17-,18-/m0/s1. The zero-order valence-electron chi connectivity index (χ0n) is 20.7. The van der Waals surface area contributed by atoms with Crippen LogP contribution in [0.4, 0.5) is 5.95 Å². The number of nitrogens with zero attached hydrogens (tertiary/aromatic N) is 4. The summed E-state index contributed by atoms with van der Waals surface area (Å²) in [5.41, 5.74) is 2.17. The van der Waals surface area contributed by atoms with Crippen LogP contribution in [0.15, 0.2) is 43.1 Å². The van der Waals surface area contributed by atoms with Crippen LogP contribution in [0.5, 0.6) is 11.5 Å². The van der Waals surface area contributed by atoms with Gasteiger partial charge in [0.05, 0.1) is 29.8 Å². The first-order chi connectivity index (χ1) is 17.2. The van der Waals surface area contributed by atoms with Crippen molar-refractivity contribution >= 4 is 46.0 Å². The van der Waals surface area contributed by atoms with Crippen molar-refractivity contribution in [2.75, 3.05) is 46.7 Å². The Kier molecular flexibility index (Phi) is 7.88. The van der Waals surface area contributed by atoms with Crippen LogP contribution in [0.3, 0.4) is 0 Å². The third kappa shape index (κ3) is 5.21. The molecule has 10 heteroatoms. The van der Waals surface area contributed by atoms with Crippen LogP contribution >= 0.6 is 23.2 Å². The van der Waals surface area contributed by atoms with Gasteiger partial charge < -0.3 is 24.6 Å². The van der Waals surface area contributed by atoms with Crippen LogP contribution in [-0.4, -0.2) is 79.2 Å². The Morgan fingerprint density at radius 2 is 1.92 bits per heavy atom. The highest BCUT2D eigenvalue weighted by Crippen LogP contribution is 2.46. The molecule has 0 saturated carbocycles. The molecule has 1 fully saturated rings. The second-order valence-corrected chi connectivity index (χ2v) is 9.69. The molecule has 2 atom stereocenters. The largest absolute Gasteiger partial charge is 0.495 e. The van der Waals surface area contributed by atoms with Crippen LogP contribution in [0.2, 0.25) is 10.0 Å². The lowest BCUT2D eigenvalue weighted by molar-refractivity contribution is -0.127. The molecule has 0 bridgehead atoms. The fraction of sp³-hybridized carbons (Fsp3) is 0.346. The first-order valence-corrected chi connectivity index (χ1v) is 12.2. The van der Waals surface area contributed by atoms with E-state index in [0.717, 1.165) is 29.4 Å². The van der Waals surface area contributed by atoms with E-state index < -0.39 is 0 Å². The Morgan fingerprint density at radius 1 is 1.22 bits per heavy atom. The van der Waals surface area contributed by atoms with Gasteiger partial charge in [-0.15, -0.1) is 0 Å². The number of ether oxygens (including phenoxy) is 2. The maximum absolute atomic E-state index is 12.4. The quantitative estimate of drug-likeness (QED) is 0.421. The van der Waals surface area contributed by atoms with E-state index in [1.54, 1.807) is 26.5 Å². The average Bonchev–Trinajstić information content (AvgIpc) is 3.25. The SMILES string of the molecule is C=CC(=O)N1C[C@@H](Nc2ncc3cc(-c4c(Cl)c(OC)cc(OC)c4Cl)ccc3n2)C[C@H]1CN(C)C. The number of likely N-dealkylation sites (tertiary alicyclic amines) is 1. The van der Waals surface area contributed by atoms with Crippen molar-refractivity contribution in [1.82, 2.24) is 19.8 Å². The predicted octanol–water partition coefficient (Wildman–Crippen LogP) is 4.75. The second-order valence-electron chi connectivity index (χ2n) is 8.94. The number of fused-ring (bicyclic) bond motifs is 1. The number of carbonyl (C=O) groups is 1. The fourth-order valence-electron chi connectivity index (χ4n) is 4.58. The smallest absolute Gasteiger partial charge is 0.246 e. The van der Waals surface area contributed by atoms with Gasteiger partial charge in [0.2, 0.25) is 11.9 Å². The molecule has 1 aliphatic heterocycles. The number of anilines is 1. The van der Waals surface area contributed by atoms with Crippen LogP contribution in [0, 0.1) is 0 Å². The molecule has 1 amide bonds. The predicted molar refractivity (Wildman–Crippen MR) is 144 cm³/mol. The Bertz CT molecular complexity index is 1270. The molecular weight excluding hydrogens is 501 g/mol. The lowest BCUT2D eigenvalue weighted by atomic mass is 10.0. The molecule has 0 radical (unpaired) electrons. The number of likely N-dealkylation sites (N-methyl/N-ethyl adjacent to an activating group) is 1. The average molecular weight is 530 g/mol. The number of rotatable bonds is 8. The van der Waals surface area contributed by atoms with Crippen LogP contribution < -0.4 is 14.8 Å². The Labute approximate surface area is 220 Å².